The summed E-state index contributed by atoms with van der Waals surface area (Å²) in [5.74, 6) is -1.19. The van der Waals surface area contributed by atoms with Crippen LogP contribution in [-0.2, 0) is 16.0 Å². The number of hydrogen-bond donors (Lipinski definition) is 1. The van der Waals surface area contributed by atoms with Crippen LogP contribution in [0.3, 0.4) is 0 Å². The van der Waals surface area contributed by atoms with Gasteiger partial charge in [-0.25, -0.2) is 4.79 Å². The zero-order chi connectivity index (χ0) is 18.7. The Balaban J connectivity index is 1.69. The van der Waals surface area contributed by atoms with Gasteiger partial charge >= 0.3 is 5.97 Å². The van der Waals surface area contributed by atoms with Crippen LogP contribution in [0, 0.1) is 10.1 Å². The van der Waals surface area contributed by atoms with Crippen LogP contribution in [0.5, 0.6) is 5.75 Å². The predicted molar refractivity (Wildman–Crippen MR) is 92.2 cm³/mol. The fourth-order valence-corrected chi connectivity index (χ4v) is 2.88. The molecule has 0 radical (unpaired) electrons. The maximum absolute atomic E-state index is 12.4. The summed E-state index contributed by atoms with van der Waals surface area (Å²) in [6, 6.07) is 10.0. The number of ether oxygens (including phenoxy) is 1. The second-order valence-corrected chi connectivity index (χ2v) is 5.85. The molecule has 1 N–H and O–H groups in total. The molecule has 2 aromatic rings. The molecule has 3 rings (SSSR count). The van der Waals surface area contributed by atoms with Gasteiger partial charge in [-0.05, 0) is 42.7 Å². The standard InChI is InChI=1S/C18H16N2O6/c21-15-5-1-3-13(10-15)18(23)26-11-17(22)19-8-2-4-12-9-14(20(24)25)6-7-16(12)19/h1,3,5-7,9-10,21H,2,4,8,11H2. The molecule has 1 aliphatic heterocycles. The molecule has 1 amide bonds. The first kappa shape index (κ1) is 17.4. The first-order valence-corrected chi connectivity index (χ1v) is 7.99. The SMILES string of the molecule is O=C(OCC(=O)N1CCCc2cc([N+](=O)[O-])ccc21)c1cccc(O)c1. The summed E-state index contributed by atoms with van der Waals surface area (Å²) < 4.78 is 5.03. The minimum Gasteiger partial charge on any atom is -0.508 e. The molecule has 134 valence electrons. The van der Waals surface area contributed by atoms with Crippen LogP contribution in [0.4, 0.5) is 11.4 Å². The number of aryl methyl sites for hydroxylation is 1. The van der Waals surface area contributed by atoms with Gasteiger partial charge < -0.3 is 14.7 Å². The highest BCUT2D eigenvalue weighted by atomic mass is 16.6. The molecule has 0 spiro atoms. The average Bonchev–Trinajstić information content (AvgIpc) is 2.64. The van der Waals surface area contributed by atoms with Crippen LogP contribution in [0.1, 0.15) is 22.3 Å². The lowest BCUT2D eigenvalue weighted by molar-refractivity contribution is -0.384. The van der Waals surface area contributed by atoms with Crippen LogP contribution in [0.15, 0.2) is 42.5 Å². The molecule has 2 aromatic carbocycles. The van der Waals surface area contributed by atoms with E-state index in [0.29, 0.717) is 25.1 Å². The topological polar surface area (TPSA) is 110 Å². The number of hydrogen-bond acceptors (Lipinski definition) is 6. The lowest BCUT2D eigenvalue weighted by atomic mass is 10.0. The van der Waals surface area contributed by atoms with E-state index in [1.807, 2.05) is 0 Å². The van der Waals surface area contributed by atoms with E-state index in [2.05, 4.69) is 0 Å². The molecule has 0 saturated carbocycles. The Morgan fingerprint density at radius 2 is 2.04 bits per heavy atom. The number of nitro benzene ring substituents is 1. The normalized spacial score (nSPS) is 13.0. The molecule has 1 aliphatic rings. The van der Waals surface area contributed by atoms with E-state index in [0.717, 1.165) is 5.56 Å². The fraction of sp³-hybridized carbons (Fsp3) is 0.222. The van der Waals surface area contributed by atoms with Crippen molar-refractivity contribution in [2.45, 2.75) is 12.8 Å². The summed E-state index contributed by atoms with van der Waals surface area (Å²) in [5.41, 5.74) is 1.44. The zero-order valence-electron chi connectivity index (χ0n) is 13.8. The van der Waals surface area contributed by atoms with Crippen molar-refractivity contribution in [3.05, 3.63) is 63.7 Å². The Hall–Kier alpha value is -3.42. The van der Waals surface area contributed by atoms with Gasteiger partial charge in [-0.2, -0.15) is 0 Å². The lowest BCUT2D eigenvalue weighted by Crippen LogP contribution is -2.38. The number of anilines is 1. The first-order valence-electron chi connectivity index (χ1n) is 7.99. The van der Waals surface area contributed by atoms with Crippen molar-refractivity contribution < 1.29 is 24.4 Å². The minimum absolute atomic E-state index is 0.0200. The largest absolute Gasteiger partial charge is 0.508 e. The molecule has 1 heterocycles. The van der Waals surface area contributed by atoms with Crippen molar-refractivity contribution in [1.82, 2.24) is 0 Å². The second kappa shape index (κ2) is 7.22. The number of nitrogens with zero attached hydrogens (tertiary/aromatic N) is 2. The maximum Gasteiger partial charge on any atom is 0.338 e. The second-order valence-electron chi connectivity index (χ2n) is 5.85. The summed E-state index contributed by atoms with van der Waals surface area (Å²) in [6.45, 7) is -0.00175. The quantitative estimate of drug-likeness (QED) is 0.512. The molecular formula is C18H16N2O6. The Morgan fingerprint density at radius 3 is 2.77 bits per heavy atom. The minimum atomic E-state index is -0.713. The summed E-state index contributed by atoms with van der Waals surface area (Å²) in [6.07, 6.45) is 1.31. The molecule has 0 saturated heterocycles. The number of amides is 1. The molecule has 0 atom stereocenters. The molecular weight excluding hydrogens is 340 g/mol. The smallest absolute Gasteiger partial charge is 0.338 e. The number of carbonyl (C=O) groups excluding carboxylic acids is 2. The maximum atomic E-state index is 12.4. The van der Waals surface area contributed by atoms with E-state index in [1.165, 1.54) is 41.3 Å². The number of carbonyl (C=O) groups is 2. The van der Waals surface area contributed by atoms with Gasteiger partial charge in [0.15, 0.2) is 6.61 Å². The van der Waals surface area contributed by atoms with Gasteiger partial charge in [0.25, 0.3) is 11.6 Å². The van der Waals surface area contributed by atoms with Gasteiger partial charge in [0.05, 0.1) is 10.5 Å². The summed E-state index contributed by atoms with van der Waals surface area (Å²) in [7, 11) is 0. The number of non-ortho nitro benzene ring substituents is 1. The highest BCUT2D eigenvalue weighted by molar-refractivity contribution is 5.98. The van der Waals surface area contributed by atoms with Gasteiger partial charge in [0.2, 0.25) is 0 Å². The van der Waals surface area contributed by atoms with Crippen molar-refractivity contribution in [1.29, 1.82) is 0 Å². The molecule has 8 nitrogen and oxygen atoms in total. The van der Waals surface area contributed by atoms with E-state index in [-0.39, 0.29) is 17.0 Å². The van der Waals surface area contributed by atoms with Gasteiger partial charge in [-0.1, -0.05) is 6.07 Å². The lowest BCUT2D eigenvalue weighted by Gasteiger charge is -2.29. The number of esters is 1. The summed E-state index contributed by atoms with van der Waals surface area (Å²) in [4.78, 5) is 36.3. The number of phenols is 1. The van der Waals surface area contributed by atoms with Crippen LogP contribution < -0.4 is 4.90 Å². The van der Waals surface area contributed by atoms with Gasteiger partial charge in [-0.3, -0.25) is 14.9 Å². The monoisotopic (exact) mass is 356 g/mol. The van der Waals surface area contributed by atoms with Crippen LogP contribution >= 0.6 is 0 Å². The Bertz CT molecular complexity index is 880. The summed E-state index contributed by atoms with van der Waals surface area (Å²) in [5, 5.41) is 20.3. The van der Waals surface area contributed by atoms with E-state index < -0.39 is 23.4 Å². The van der Waals surface area contributed by atoms with Crippen molar-refractivity contribution in [2.75, 3.05) is 18.1 Å². The Kier molecular flexibility index (Phi) is 4.83. The van der Waals surface area contributed by atoms with Gasteiger partial charge in [0, 0.05) is 24.4 Å². The molecule has 0 aliphatic carbocycles. The van der Waals surface area contributed by atoms with Crippen LogP contribution in [-0.4, -0.2) is 35.1 Å². The van der Waals surface area contributed by atoms with Crippen LogP contribution in [0.2, 0.25) is 0 Å². The van der Waals surface area contributed by atoms with E-state index >= 15 is 0 Å². The third-order valence-electron chi connectivity index (χ3n) is 4.10. The molecule has 0 unspecified atom stereocenters. The van der Waals surface area contributed by atoms with E-state index in [4.69, 9.17) is 4.74 Å². The van der Waals surface area contributed by atoms with E-state index in [9.17, 15) is 24.8 Å². The van der Waals surface area contributed by atoms with Gasteiger partial charge in [-0.15, -0.1) is 0 Å². The van der Waals surface area contributed by atoms with Crippen molar-refractivity contribution in [3.8, 4) is 5.75 Å². The van der Waals surface area contributed by atoms with E-state index in [1.54, 1.807) is 6.07 Å². The van der Waals surface area contributed by atoms with Gasteiger partial charge in [0.1, 0.15) is 5.75 Å². The highest BCUT2D eigenvalue weighted by Gasteiger charge is 2.25. The van der Waals surface area contributed by atoms with Crippen LogP contribution in [0.25, 0.3) is 0 Å². The van der Waals surface area contributed by atoms with Crippen molar-refractivity contribution in [2.24, 2.45) is 0 Å². The molecule has 0 fully saturated rings. The van der Waals surface area contributed by atoms with Crippen molar-refractivity contribution in [3.63, 3.8) is 0 Å². The first-order chi connectivity index (χ1) is 12.5. The molecule has 8 heteroatoms. The molecule has 26 heavy (non-hydrogen) atoms. The predicted octanol–water partition coefficient (Wildman–Crippen LogP) is 2.44. The Morgan fingerprint density at radius 1 is 1.23 bits per heavy atom. The summed E-state index contributed by atoms with van der Waals surface area (Å²) >= 11 is 0. The average molecular weight is 356 g/mol. The number of phenolic OH excluding ortho intramolecular Hbond substituents is 1. The number of rotatable bonds is 4. The van der Waals surface area contributed by atoms with Crippen molar-refractivity contribution >= 4 is 23.3 Å². The third-order valence-corrected chi connectivity index (χ3v) is 4.10. The number of benzene rings is 2. The molecule has 0 bridgehead atoms. The fourth-order valence-electron chi connectivity index (χ4n) is 2.88. The third kappa shape index (κ3) is 3.64. The highest BCUT2D eigenvalue weighted by Crippen LogP contribution is 2.30. The zero-order valence-corrected chi connectivity index (χ0v) is 13.8. The number of fused-ring (bicyclic) bond motifs is 1. The number of aromatic hydroxyl groups is 1. The Labute approximate surface area is 148 Å². The number of nitro groups is 1. The molecule has 0 aromatic heterocycles.